The Balaban J connectivity index is 0.717. The average Bonchev–Trinajstić information content (AvgIpc) is 3.89. The van der Waals surface area contributed by atoms with E-state index in [-0.39, 0.29) is 30.9 Å². The van der Waals surface area contributed by atoms with Crippen LogP contribution in [-0.2, 0) is 9.59 Å². The number of piperidine rings is 2. The number of benzene rings is 2. The molecule has 5 amide bonds. The molecule has 1 aromatic heterocycles. The Labute approximate surface area is 340 Å². The van der Waals surface area contributed by atoms with Crippen molar-refractivity contribution < 1.29 is 28.7 Å². The molecule has 0 bridgehead atoms. The van der Waals surface area contributed by atoms with Gasteiger partial charge in [0.05, 0.1) is 28.8 Å². The number of hydrogen-bond acceptors (Lipinski definition) is 11. The van der Waals surface area contributed by atoms with Crippen molar-refractivity contribution >= 4 is 58.3 Å². The summed E-state index contributed by atoms with van der Waals surface area (Å²) in [6, 6.07) is 13.7. The molecule has 6 heterocycles. The Morgan fingerprint density at radius 2 is 1.57 bits per heavy atom. The second-order valence-corrected chi connectivity index (χ2v) is 16.7. The predicted molar refractivity (Wildman–Crippen MR) is 213 cm³/mol. The van der Waals surface area contributed by atoms with Gasteiger partial charge in [0, 0.05) is 63.5 Å². The first-order valence-electron chi connectivity index (χ1n) is 20.2. The summed E-state index contributed by atoms with van der Waals surface area (Å²) in [5, 5.41) is 14.5. The van der Waals surface area contributed by atoms with E-state index in [1.54, 1.807) is 36.4 Å². The van der Waals surface area contributed by atoms with Crippen LogP contribution >= 0.6 is 11.6 Å². The molecule has 4 saturated heterocycles. The lowest BCUT2D eigenvalue weighted by Gasteiger charge is -2.37. The molecule has 58 heavy (non-hydrogen) atoms. The molecule has 15 nitrogen and oxygen atoms in total. The molecule has 5 aliphatic heterocycles. The normalized spacial score (nSPS) is 26.3. The fourth-order valence-electron chi connectivity index (χ4n) is 9.70. The number of ether oxygens (including phenoxy) is 1. The molecule has 6 aliphatic rings. The zero-order chi connectivity index (χ0) is 40.1. The molecule has 1 saturated carbocycles. The summed E-state index contributed by atoms with van der Waals surface area (Å²) in [4.78, 5) is 75.3. The second kappa shape index (κ2) is 15.6. The molecule has 2 N–H and O–H groups in total. The monoisotopic (exact) mass is 805 g/mol. The fourth-order valence-corrected chi connectivity index (χ4v) is 9.91. The first-order chi connectivity index (χ1) is 28.1. The molecule has 0 radical (unpaired) electrons. The third kappa shape index (κ3) is 7.35. The summed E-state index contributed by atoms with van der Waals surface area (Å²) in [5.74, 6) is 0.249. The zero-order valence-corrected chi connectivity index (χ0v) is 32.7. The zero-order valence-electron chi connectivity index (χ0n) is 31.9. The van der Waals surface area contributed by atoms with Crippen molar-refractivity contribution in [3.8, 4) is 5.75 Å². The maximum absolute atomic E-state index is 13.4. The Morgan fingerprint density at radius 3 is 2.24 bits per heavy atom. The number of nitrogens with one attached hydrogen (secondary N) is 2. The Bertz CT molecular complexity index is 2180. The average molecular weight is 806 g/mol. The van der Waals surface area contributed by atoms with Crippen LogP contribution in [-0.4, -0.2) is 113 Å². The minimum atomic E-state index is -0.973. The number of amides is 5. The van der Waals surface area contributed by atoms with Gasteiger partial charge in [0.2, 0.25) is 17.5 Å². The number of carbonyl (C=O) groups excluding carboxylic acids is 5. The lowest BCUT2D eigenvalue weighted by molar-refractivity contribution is -0.136. The van der Waals surface area contributed by atoms with E-state index < -0.39 is 29.7 Å². The van der Waals surface area contributed by atoms with Crippen LogP contribution in [0, 0.1) is 18.4 Å². The van der Waals surface area contributed by atoms with E-state index in [1.807, 2.05) is 12.1 Å². The van der Waals surface area contributed by atoms with Crippen LogP contribution in [0.4, 0.5) is 17.2 Å². The maximum atomic E-state index is 13.4. The maximum Gasteiger partial charge on any atom is 0.272 e. The molecule has 3 aromatic rings. The highest BCUT2D eigenvalue weighted by Crippen LogP contribution is 2.39. The summed E-state index contributed by atoms with van der Waals surface area (Å²) in [5.41, 5.74) is 2.23. The number of nitrogens with zero attached hydrogens (tertiary/aromatic N) is 7. The van der Waals surface area contributed by atoms with Crippen LogP contribution in [0.15, 0.2) is 48.5 Å². The summed E-state index contributed by atoms with van der Waals surface area (Å²) in [6.45, 7) is 12.7. The van der Waals surface area contributed by atoms with Crippen molar-refractivity contribution in [1.82, 2.24) is 30.6 Å². The molecular formula is C42H44ClN9O6. The van der Waals surface area contributed by atoms with Crippen LogP contribution in [0.3, 0.4) is 0 Å². The summed E-state index contributed by atoms with van der Waals surface area (Å²) >= 11 is 6.16. The van der Waals surface area contributed by atoms with Gasteiger partial charge in [0.1, 0.15) is 11.8 Å². The van der Waals surface area contributed by atoms with Crippen molar-refractivity contribution in [2.24, 2.45) is 11.8 Å². The van der Waals surface area contributed by atoms with E-state index in [9.17, 15) is 24.0 Å². The first kappa shape index (κ1) is 38.0. The molecule has 5 fully saturated rings. The predicted octanol–water partition coefficient (Wildman–Crippen LogP) is 4.24. The van der Waals surface area contributed by atoms with E-state index in [1.165, 1.54) is 0 Å². The van der Waals surface area contributed by atoms with Crippen molar-refractivity contribution in [2.45, 2.75) is 75.6 Å². The van der Waals surface area contributed by atoms with Crippen LogP contribution in [0.5, 0.6) is 5.75 Å². The number of rotatable bonds is 8. The summed E-state index contributed by atoms with van der Waals surface area (Å²) in [6.07, 6.45) is 5.45. The lowest BCUT2D eigenvalue weighted by atomic mass is 9.93. The fraction of sp³-hybridized carbons (Fsp3) is 0.476. The van der Waals surface area contributed by atoms with Crippen LogP contribution in [0.2, 0.25) is 5.02 Å². The second-order valence-electron chi connectivity index (χ2n) is 16.3. The largest absolute Gasteiger partial charge is 0.490 e. The number of aromatic nitrogens is 2. The summed E-state index contributed by atoms with van der Waals surface area (Å²) < 4.78 is 6.09. The van der Waals surface area contributed by atoms with E-state index in [0.29, 0.717) is 51.2 Å². The Hall–Kier alpha value is -5.59. The van der Waals surface area contributed by atoms with Gasteiger partial charge in [0.15, 0.2) is 11.5 Å². The first-order valence-corrected chi connectivity index (χ1v) is 20.6. The molecule has 9 rings (SSSR count). The van der Waals surface area contributed by atoms with Gasteiger partial charge in [-0.25, -0.2) is 4.85 Å². The standard InChI is InChI=1S/C42H44ClN9O6/c1-44-34-9-7-30(19-33(34)43)58-29-5-2-26(3-6-29)45-39(54)35-10-12-37(48-47-35)49-16-14-27(15-17-49)50-20-24-22-51(23-25(24)21-50)28-4-8-31-32(18-28)42(57)52(41(31)56)36-11-13-38(53)46-40(36)55/h4,7-10,12,18-19,24-27,29,36H,2-3,5-6,11,13-17,20-23H2,(H,45,54)(H,46,53,55). The van der Waals surface area contributed by atoms with E-state index in [0.717, 1.165) is 94.2 Å². The number of fused-ring (bicyclic) bond motifs is 2. The van der Waals surface area contributed by atoms with Gasteiger partial charge in [-0.3, -0.25) is 39.1 Å². The van der Waals surface area contributed by atoms with Crippen molar-refractivity contribution in [2.75, 3.05) is 49.1 Å². The van der Waals surface area contributed by atoms with Crippen molar-refractivity contribution in [3.05, 3.63) is 81.8 Å². The van der Waals surface area contributed by atoms with Gasteiger partial charge in [-0.05, 0) is 99.2 Å². The topological polar surface area (TPSA) is 162 Å². The Morgan fingerprint density at radius 1 is 0.828 bits per heavy atom. The van der Waals surface area contributed by atoms with Gasteiger partial charge in [-0.2, -0.15) is 0 Å². The number of carbonyl (C=O) groups is 5. The number of hydrogen-bond donors (Lipinski definition) is 2. The quantitative estimate of drug-likeness (QED) is 0.248. The summed E-state index contributed by atoms with van der Waals surface area (Å²) in [7, 11) is 0. The highest BCUT2D eigenvalue weighted by Gasteiger charge is 2.46. The lowest BCUT2D eigenvalue weighted by Crippen LogP contribution is -2.54. The molecule has 3 unspecified atom stereocenters. The van der Waals surface area contributed by atoms with Gasteiger partial charge >= 0.3 is 0 Å². The number of anilines is 2. The number of likely N-dealkylation sites (tertiary alicyclic amines) is 1. The van der Waals surface area contributed by atoms with E-state index in [4.69, 9.17) is 22.9 Å². The SMILES string of the molecule is [C-]#[N+]c1ccc(OC2CCC(NC(=O)c3ccc(N4CCC(N5CC6CN(c7ccc8c(c7)C(=O)N(C7CCC(=O)NC7=O)C8=O)CC6C5)CC4)nn3)CC2)cc1Cl. The molecule has 1 aliphatic carbocycles. The van der Waals surface area contributed by atoms with Crippen molar-refractivity contribution in [3.63, 3.8) is 0 Å². The van der Waals surface area contributed by atoms with Gasteiger partial charge in [0.25, 0.3) is 17.7 Å². The molecule has 0 spiro atoms. The van der Waals surface area contributed by atoms with E-state index in [2.05, 4.69) is 40.4 Å². The van der Waals surface area contributed by atoms with Gasteiger partial charge in [-0.15, -0.1) is 10.2 Å². The van der Waals surface area contributed by atoms with Crippen LogP contribution < -0.4 is 25.2 Å². The van der Waals surface area contributed by atoms with Crippen molar-refractivity contribution in [1.29, 1.82) is 0 Å². The van der Waals surface area contributed by atoms with Crippen LogP contribution in [0.25, 0.3) is 4.85 Å². The number of halogens is 1. The highest BCUT2D eigenvalue weighted by molar-refractivity contribution is 6.33. The third-order valence-corrected chi connectivity index (χ3v) is 13.1. The number of imide groups is 2. The minimum absolute atomic E-state index is 0.0240. The smallest absolute Gasteiger partial charge is 0.272 e. The minimum Gasteiger partial charge on any atom is -0.490 e. The van der Waals surface area contributed by atoms with Gasteiger partial charge < -0.3 is 19.9 Å². The molecular weight excluding hydrogens is 762 g/mol. The molecule has 16 heteroatoms. The molecule has 300 valence electrons. The van der Waals surface area contributed by atoms with Crippen LogP contribution in [0.1, 0.15) is 82.6 Å². The Kier molecular flexibility index (Phi) is 10.2. The molecule has 3 atom stereocenters. The third-order valence-electron chi connectivity index (χ3n) is 12.8. The highest BCUT2D eigenvalue weighted by atomic mass is 35.5. The van der Waals surface area contributed by atoms with Gasteiger partial charge in [-0.1, -0.05) is 17.7 Å². The molecule has 2 aromatic carbocycles. The van der Waals surface area contributed by atoms with E-state index >= 15 is 0 Å².